The molecule has 23 heavy (non-hydrogen) atoms. The molecule has 2 atom stereocenters. The molecule has 2 heterocycles. The number of nitrogens with one attached hydrogen (secondary N) is 1. The lowest BCUT2D eigenvalue weighted by Crippen LogP contribution is -2.70. The molecule has 6 heteroatoms. The van der Waals surface area contributed by atoms with Crippen LogP contribution in [-0.2, 0) is 9.53 Å². The number of ether oxygens (including phenoxy) is 1. The Kier molecular flexibility index (Phi) is 4.54. The zero-order valence-electron chi connectivity index (χ0n) is 14.1. The van der Waals surface area contributed by atoms with E-state index in [1.54, 1.807) is 0 Å². The minimum atomic E-state index is -0.710. The number of carboxylic acid groups (broad SMARTS) is 1. The van der Waals surface area contributed by atoms with Gasteiger partial charge in [0, 0.05) is 24.6 Å². The van der Waals surface area contributed by atoms with E-state index in [0.717, 1.165) is 38.8 Å². The minimum absolute atomic E-state index is 0.0106. The average molecular weight is 324 g/mol. The maximum Gasteiger partial charge on any atom is 0.317 e. The zero-order chi connectivity index (χ0) is 16.6. The summed E-state index contributed by atoms with van der Waals surface area (Å²) in [7, 11) is 0. The van der Waals surface area contributed by atoms with Crippen LogP contribution in [0.25, 0.3) is 0 Å². The Morgan fingerprint density at radius 3 is 2.39 bits per heavy atom. The quantitative estimate of drug-likeness (QED) is 0.834. The van der Waals surface area contributed by atoms with E-state index in [2.05, 4.69) is 19.2 Å². The number of carboxylic acids is 1. The molecule has 3 aliphatic rings. The average Bonchev–Trinajstić information content (AvgIpc) is 2.99. The van der Waals surface area contributed by atoms with Crippen molar-refractivity contribution >= 4 is 12.0 Å². The van der Waals surface area contributed by atoms with Gasteiger partial charge in [0.1, 0.15) is 0 Å². The third kappa shape index (κ3) is 3.32. The molecule has 1 aliphatic carbocycles. The Morgan fingerprint density at radius 2 is 1.87 bits per heavy atom. The van der Waals surface area contributed by atoms with E-state index >= 15 is 0 Å². The first kappa shape index (κ1) is 16.6. The molecule has 2 amide bonds. The molecule has 2 unspecified atom stereocenters. The Labute approximate surface area is 137 Å². The van der Waals surface area contributed by atoms with Gasteiger partial charge in [-0.05, 0) is 38.5 Å². The molecule has 2 saturated heterocycles. The van der Waals surface area contributed by atoms with E-state index in [1.807, 2.05) is 4.90 Å². The maximum absolute atomic E-state index is 12.6. The van der Waals surface area contributed by atoms with Crippen LogP contribution in [-0.4, -0.2) is 53.3 Å². The van der Waals surface area contributed by atoms with Gasteiger partial charge in [0.25, 0.3) is 0 Å². The summed E-state index contributed by atoms with van der Waals surface area (Å²) in [5, 5.41) is 12.2. The molecule has 130 valence electrons. The number of carbonyl (C=O) groups is 2. The Bertz CT molecular complexity index is 465. The summed E-state index contributed by atoms with van der Waals surface area (Å²) in [5.41, 5.74) is 0.104. The maximum atomic E-state index is 12.6. The van der Waals surface area contributed by atoms with Gasteiger partial charge in [-0.3, -0.25) is 4.79 Å². The van der Waals surface area contributed by atoms with Crippen LogP contribution < -0.4 is 5.32 Å². The first-order valence-electron chi connectivity index (χ1n) is 8.80. The molecule has 6 nitrogen and oxygen atoms in total. The van der Waals surface area contributed by atoms with Crippen LogP contribution in [0.2, 0.25) is 0 Å². The molecule has 0 spiro atoms. The van der Waals surface area contributed by atoms with Gasteiger partial charge in [0.05, 0.1) is 18.1 Å². The third-order valence-electron chi connectivity index (χ3n) is 5.70. The normalized spacial score (nSPS) is 36.3. The molecule has 0 aromatic carbocycles. The van der Waals surface area contributed by atoms with Gasteiger partial charge in [-0.15, -0.1) is 0 Å². The lowest BCUT2D eigenvalue weighted by Gasteiger charge is -2.56. The second kappa shape index (κ2) is 6.30. The van der Waals surface area contributed by atoms with Crippen LogP contribution in [0.5, 0.6) is 0 Å². The molecular formula is C17H28N2O4. The van der Waals surface area contributed by atoms with E-state index < -0.39 is 5.97 Å². The highest BCUT2D eigenvalue weighted by atomic mass is 16.5. The predicted octanol–water partition coefficient (Wildman–Crippen LogP) is 2.23. The van der Waals surface area contributed by atoms with Crippen molar-refractivity contribution in [3.05, 3.63) is 0 Å². The van der Waals surface area contributed by atoms with Crippen molar-refractivity contribution < 1.29 is 19.4 Å². The van der Waals surface area contributed by atoms with Gasteiger partial charge in [-0.25, -0.2) is 4.79 Å². The molecular weight excluding hydrogens is 296 g/mol. The summed E-state index contributed by atoms with van der Waals surface area (Å²) in [4.78, 5) is 25.5. The van der Waals surface area contributed by atoms with E-state index in [4.69, 9.17) is 9.84 Å². The Balaban J connectivity index is 1.53. The van der Waals surface area contributed by atoms with Gasteiger partial charge < -0.3 is 20.1 Å². The van der Waals surface area contributed by atoms with Crippen LogP contribution in [0.15, 0.2) is 0 Å². The van der Waals surface area contributed by atoms with Crippen molar-refractivity contribution in [2.45, 2.75) is 70.6 Å². The number of carbonyl (C=O) groups excluding carboxylic acids is 1. The largest absolute Gasteiger partial charge is 0.481 e. The van der Waals surface area contributed by atoms with Gasteiger partial charge in [0.15, 0.2) is 0 Å². The lowest BCUT2D eigenvalue weighted by atomic mass is 9.72. The monoisotopic (exact) mass is 324 g/mol. The number of rotatable bonds is 3. The number of hydrogen-bond donors (Lipinski definition) is 2. The van der Waals surface area contributed by atoms with Gasteiger partial charge in [0.2, 0.25) is 0 Å². The summed E-state index contributed by atoms with van der Waals surface area (Å²) < 4.78 is 5.82. The van der Waals surface area contributed by atoms with Crippen molar-refractivity contribution in [1.29, 1.82) is 0 Å². The van der Waals surface area contributed by atoms with Gasteiger partial charge >= 0.3 is 12.0 Å². The SMILES string of the molecule is CC1(C)CN(C(=O)NC2CCC(C(=O)O)CC2)C1C1CCCO1. The number of likely N-dealkylation sites (tertiary alicyclic amines) is 1. The van der Waals surface area contributed by atoms with Crippen LogP contribution in [0, 0.1) is 11.3 Å². The van der Waals surface area contributed by atoms with Gasteiger partial charge in [-0.1, -0.05) is 13.8 Å². The van der Waals surface area contributed by atoms with Crippen molar-refractivity contribution in [3.8, 4) is 0 Å². The van der Waals surface area contributed by atoms with E-state index in [-0.39, 0.29) is 35.6 Å². The van der Waals surface area contributed by atoms with E-state index in [1.165, 1.54) is 0 Å². The number of amides is 2. The topological polar surface area (TPSA) is 78.9 Å². The number of nitrogens with zero attached hydrogens (tertiary/aromatic N) is 1. The summed E-state index contributed by atoms with van der Waals surface area (Å²) in [6.45, 7) is 5.95. The fourth-order valence-electron chi connectivity index (χ4n) is 4.44. The van der Waals surface area contributed by atoms with Crippen molar-refractivity contribution in [2.24, 2.45) is 11.3 Å². The van der Waals surface area contributed by atoms with Gasteiger partial charge in [-0.2, -0.15) is 0 Å². The first-order chi connectivity index (χ1) is 10.9. The molecule has 0 radical (unpaired) electrons. The summed E-state index contributed by atoms with van der Waals surface area (Å²) in [6, 6.07) is 0.246. The molecule has 0 aromatic rings. The minimum Gasteiger partial charge on any atom is -0.481 e. The molecule has 2 N–H and O–H groups in total. The number of urea groups is 1. The fraction of sp³-hybridized carbons (Fsp3) is 0.882. The lowest BCUT2D eigenvalue weighted by molar-refractivity contribution is -0.142. The fourth-order valence-corrected chi connectivity index (χ4v) is 4.44. The highest BCUT2D eigenvalue weighted by Crippen LogP contribution is 2.42. The molecule has 3 fully saturated rings. The standard InChI is InChI=1S/C17H28N2O4/c1-17(2)10-19(14(17)13-4-3-9-23-13)16(22)18-12-7-5-11(6-8-12)15(20)21/h11-14H,3-10H2,1-2H3,(H,18,22)(H,20,21). The highest BCUT2D eigenvalue weighted by molar-refractivity contribution is 5.76. The second-order valence-corrected chi connectivity index (χ2v) is 7.95. The van der Waals surface area contributed by atoms with E-state index in [0.29, 0.717) is 12.8 Å². The van der Waals surface area contributed by atoms with Crippen molar-refractivity contribution in [2.75, 3.05) is 13.2 Å². The van der Waals surface area contributed by atoms with Crippen LogP contribution in [0.1, 0.15) is 52.4 Å². The van der Waals surface area contributed by atoms with Crippen LogP contribution >= 0.6 is 0 Å². The predicted molar refractivity (Wildman–Crippen MR) is 85.2 cm³/mol. The summed E-state index contributed by atoms with van der Waals surface area (Å²) in [6.07, 6.45) is 5.08. The first-order valence-corrected chi connectivity index (χ1v) is 8.80. The summed E-state index contributed by atoms with van der Waals surface area (Å²) in [5.74, 6) is -0.955. The molecule has 0 aromatic heterocycles. The van der Waals surface area contributed by atoms with Crippen molar-refractivity contribution in [3.63, 3.8) is 0 Å². The molecule has 1 saturated carbocycles. The van der Waals surface area contributed by atoms with Crippen LogP contribution in [0.4, 0.5) is 4.79 Å². The van der Waals surface area contributed by atoms with Crippen LogP contribution in [0.3, 0.4) is 0 Å². The molecule has 0 bridgehead atoms. The zero-order valence-corrected chi connectivity index (χ0v) is 14.1. The van der Waals surface area contributed by atoms with E-state index in [9.17, 15) is 9.59 Å². The Hall–Kier alpha value is -1.30. The number of hydrogen-bond acceptors (Lipinski definition) is 3. The third-order valence-corrected chi connectivity index (χ3v) is 5.70. The molecule has 2 aliphatic heterocycles. The Morgan fingerprint density at radius 1 is 1.17 bits per heavy atom. The second-order valence-electron chi connectivity index (χ2n) is 7.95. The highest BCUT2D eigenvalue weighted by Gasteiger charge is 2.53. The number of aliphatic carboxylic acids is 1. The smallest absolute Gasteiger partial charge is 0.317 e. The summed E-state index contributed by atoms with van der Waals surface area (Å²) >= 11 is 0. The molecule has 3 rings (SSSR count). The van der Waals surface area contributed by atoms with Crippen molar-refractivity contribution in [1.82, 2.24) is 10.2 Å².